The number of methoxy groups -OCH3 is 1. The molecule has 18 heavy (non-hydrogen) atoms. The standard InChI is InChI=1S/C14H22N2O2/c1-4-5-12(15)14(17)16-9-11-7-6-10(2)13(8-11)18-3/h6-8,12H,4-5,9,15H2,1-3H3,(H,16,17). The van der Waals surface area contributed by atoms with Crippen molar-refractivity contribution in [3.05, 3.63) is 29.3 Å². The van der Waals surface area contributed by atoms with Gasteiger partial charge in [0.05, 0.1) is 13.2 Å². The molecule has 1 atom stereocenters. The summed E-state index contributed by atoms with van der Waals surface area (Å²) in [4.78, 5) is 11.7. The van der Waals surface area contributed by atoms with Crippen molar-refractivity contribution in [1.29, 1.82) is 0 Å². The highest BCUT2D eigenvalue weighted by Gasteiger charge is 2.11. The molecule has 0 aliphatic rings. The van der Waals surface area contributed by atoms with E-state index in [2.05, 4.69) is 5.32 Å². The summed E-state index contributed by atoms with van der Waals surface area (Å²) >= 11 is 0. The van der Waals surface area contributed by atoms with Crippen molar-refractivity contribution in [3.8, 4) is 5.75 Å². The summed E-state index contributed by atoms with van der Waals surface area (Å²) in [6.07, 6.45) is 1.62. The molecule has 1 unspecified atom stereocenters. The minimum absolute atomic E-state index is 0.101. The van der Waals surface area contributed by atoms with Gasteiger partial charge < -0.3 is 15.8 Å². The van der Waals surface area contributed by atoms with Gasteiger partial charge in [0.15, 0.2) is 0 Å². The Morgan fingerprint density at radius 2 is 2.22 bits per heavy atom. The molecule has 1 aromatic carbocycles. The lowest BCUT2D eigenvalue weighted by Crippen LogP contribution is -2.40. The molecule has 0 saturated carbocycles. The molecule has 100 valence electrons. The third-order valence-corrected chi connectivity index (χ3v) is 2.88. The van der Waals surface area contributed by atoms with E-state index in [9.17, 15) is 4.79 Å². The summed E-state index contributed by atoms with van der Waals surface area (Å²) < 4.78 is 5.24. The maximum Gasteiger partial charge on any atom is 0.237 e. The van der Waals surface area contributed by atoms with Gasteiger partial charge in [0.2, 0.25) is 5.91 Å². The van der Waals surface area contributed by atoms with Crippen molar-refractivity contribution in [2.75, 3.05) is 7.11 Å². The number of amides is 1. The largest absolute Gasteiger partial charge is 0.496 e. The van der Waals surface area contributed by atoms with Gasteiger partial charge in [-0.1, -0.05) is 25.5 Å². The van der Waals surface area contributed by atoms with Crippen LogP contribution in [0.4, 0.5) is 0 Å². The lowest BCUT2D eigenvalue weighted by molar-refractivity contribution is -0.122. The zero-order chi connectivity index (χ0) is 13.5. The Morgan fingerprint density at radius 3 is 2.83 bits per heavy atom. The lowest BCUT2D eigenvalue weighted by atomic mass is 10.1. The summed E-state index contributed by atoms with van der Waals surface area (Å²) in [7, 11) is 1.64. The number of hydrogen-bond acceptors (Lipinski definition) is 3. The first-order chi connectivity index (χ1) is 8.58. The Bertz CT molecular complexity index is 405. The second kappa shape index (κ2) is 7.01. The molecule has 4 heteroatoms. The molecule has 4 nitrogen and oxygen atoms in total. The molecule has 1 rings (SSSR count). The van der Waals surface area contributed by atoms with Gasteiger partial charge in [-0.05, 0) is 30.5 Å². The number of hydrogen-bond donors (Lipinski definition) is 2. The van der Waals surface area contributed by atoms with Gasteiger partial charge in [0, 0.05) is 6.54 Å². The van der Waals surface area contributed by atoms with E-state index in [0.717, 1.165) is 23.3 Å². The minimum atomic E-state index is -0.414. The number of benzene rings is 1. The average Bonchev–Trinajstić information content (AvgIpc) is 2.37. The van der Waals surface area contributed by atoms with Crippen LogP contribution in [0, 0.1) is 6.92 Å². The number of nitrogens with two attached hydrogens (primary N) is 1. The smallest absolute Gasteiger partial charge is 0.237 e. The van der Waals surface area contributed by atoms with Crippen LogP contribution in [0.5, 0.6) is 5.75 Å². The lowest BCUT2D eigenvalue weighted by Gasteiger charge is -2.12. The van der Waals surface area contributed by atoms with E-state index in [0.29, 0.717) is 13.0 Å². The molecule has 1 aromatic rings. The van der Waals surface area contributed by atoms with E-state index in [1.807, 2.05) is 32.0 Å². The van der Waals surface area contributed by atoms with Crippen LogP contribution in [0.15, 0.2) is 18.2 Å². The van der Waals surface area contributed by atoms with Gasteiger partial charge in [-0.2, -0.15) is 0 Å². The van der Waals surface area contributed by atoms with Crippen molar-refractivity contribution >= 4 is 5.91 Å². The maximum atomic E-state index is 11.7. The summed E-state index contributed by atoms with van der Waals surface area (Å²) in [6.45, 7) is 4.48. The Labute approximate surface area is 109 Å². The molecule has 0 saturated heterocycles. The van der Waals surface area contributed by atoms with E-state index in [1.54, 1.807) is 7.11 Å². The zero-order valence-electron chi connectivity index (χ0n) is 11.3. The van der Waals surface area contributed by atoms with Crippen LogP contribution in [0.25, 0.3) is 0 Å². The minimum Gasteiger partial charge on any atom is -0.496 e. The van der Waals surface area contributed by atoms with Gasteiger partial charge in [0.1, 0.15) is 5.75 Å². The van der Waals surface area contributed by atoms with Crippen LogP contribution < -0.4 is 15.8 Å². The van der Waals surface area contributed by atoms with Gasteiger partial charge in [-0.25, -0.2) is 0 Å². The number of carbonyl (C=O) groups excluding carboxylic acids is 1. The molecular formula is C14H22N2O2. The van der Waals surface area contributed by atoms with E-state index < -0.39 is 6.04 Å². The van der Waals surface area contributed by atoms with Crippen LogP contribution >= 0.6 is 0 Å². The predicted molar refractivity (Wildman–Crippen MR) is 72.5 cm³/mol. The Hall–Kier alpha value is -1.55. The summed E-state index contributed by atoms with van der Waals surface area (Å²) in [5, 5.41) is 2.83. The van der Waals surface area contributed by atoms with Crippen LogP contribution in [0.2, 0.25) is 0 Å². The summed E-state index contributed by atoms with van der Waals surface area (Å²) in [5.74, 6) is 0.732. The third kappa shape index (κ3) is 4.04. The molecule has 3 N–H and O–H groups in total. The van der Waals surface area contributed by atoms with E-state index in [-0.39, 0.29) is 5.91 Å². The quantitative estimate of drug-likeness (QED) is 0.808. The van der Waals surface area contributed by atoms with Gasteiger partial charge in [-0.15, -0.1) is 0 Å². The molecule has 0 heterocycles. The SMILES string of the molecule is CCCC(N)C(=O)NCc1ccc(C)c(OC)c1. The predicted octanol–water partition coefficient (Wildman–Crippen LogP) is 1.75. The topological polar surface area (TPSA) is 64.4 Å². The number of carbonyl (C=O) groups is 1. The zero-order valence-corrected chi connectivity index (χ0v) is 11.3. The highest BCUT2D eigenvalue weighted by molar-refractivity contribution is 5.81. The molecule has 0 aliphatic carbocycles. The van der Waals surface area contributed by atoms with Gasteiger partial charge >= 0.3 is 0 Å². The second-order valence-corrected chi connectivity index (χ2v) is 4.42. The fourth-order valence-corrected chi connectivity index (χ4v) is 1.74. The highest BCUT2D eigenvalue weighted by atomic mass is 16.5. The highest BCUT2D eigenvalue weighted by Crippen LogP contribution is 2.18. The van der Waals surface area contributed by atoms with Crippen molar-refractivity contribution in [1.82, 2.24) is 5.32 Å². The first-order valence-corrected chi connectivity index (χ1v) is 6.25. The van der Waals surface area contributed by atoms with Crippen LogP contribution in [0.1, 0.15) is 30.9 Å². The number of aryl methyl sites for hydroxylation is 1. The molecular weight excluding hydrogens is 228 g/mol. The van der Waals surface area contributed by atoms with E-state index >= 15 is 0 Å². The molecule has 0 radical (unpaired) electrons. The summed E-state index contributed by atoms with van der Waals surface area (Å²) in [6, 6.07) is 5.47. The second-order valence-electron chi connectivity index (χ2n) is 4.42. The molecule has 0 aliphatic heterocycles. The first kappa shape index (κ1) is 14.5. The van der Waals surface area contributed by atoms with Crippen molar-refractivity contribution in [3.63, 3.8) is 0 Å². The van der Waals surface area contributed by atoms with Crippen LogP contribution in [-0.2, 0) is 11.3 Å². The number of ether oxygens (including phenoxy) is 1. The summed E-state index contributed by atoms with van der Waals surface area (Å²) in [5.41, 5.74) is 7.82. The molecule has 0 spiro atoms. The van der Waals surface area contributed by atoms with Crippen molar-refractivity contribution < 1.29 is 9.53 Å². The van der Waals surface area contributed by atoms with Crippen molar-refractivity contribution in [2.45, 2.75) is 39.3 Å². The fourth-order valence-electron chi connectivity index (χ4n) is 1.74. The van der Waals surface area contributed by atoms with Crippen molar-refractivity contribution in [2.24, 2.45) is 5.73 Å². The monoisotopic (exact) mass is 250 g/mol. The van der Waals surface area contributed by atoms with Crippen LogP contribution in [0.3, 0.4) is 0 Å². The number of nitrogens with one attached hydrogen (secondary N) is 1. The van der Waals surface area contributed by atoms with E-state index in [1.165, 1.54) is 0 Å². The molecule has 1 amide bonds. The average molecular weight is 250 g/mol. The molecule has 0 fully saturated rings. The molecule has 0 aromatic heterocycles. The van der Waals surface area contributed by atoms with Gasteiger partial charge in [0.25, 0.3) is 0 Å². The fraction of sp³-hybridized carbons (Fsp3) is 0.500. The molecule has 0 bridgehead atoms. The first-order valence-electron chi connectivity index (χ1n) is 6.25. The Balaban J connectivity index is 2.55. The van der Waals surface area contributed by atoms with E-state index in [4.69, 9.17) is 10.5 Å². The normalized spacial score (nSPS) is 12.0. The number of rotatable bonds is 6. The van der Waals surface area contributed by atoms with Gasteiger partial charge in [-0.3, -0.25) is 4.79 Å². The third-order valence-electron chi connectivity index (χ3n) is 2.88. The Morgan fingerprint density at radius 1 is 1.50 bits per heavy atom. The van der Waals surface area contributed by atoms with Crippen LogP contribution in [-0.4, -0.2) is 19.1 Å². The Kier molecular flexibility index (Phi) is 5.65. The maximum absolute atomic E-state index is 11.7.